The van der Waals surface area contributed by atoms with Gasteiger partial charge in [0.05, 0.1) is 0 Å². The van der Waals surface area contributed by atoms with E-state index in [0.29, 0.717) is 0 Å². The largest absolute Gasteiger partial charge is 0.0622 e. The quantitative estimate of drug-likeness (QED) is 0.370. The number of hydrogen-bond acceptors (Lipinski definition) is 0. The lowest BCUT2D eigenvalue weighted by molar-refractivity contribution is 0.805. The first-order chi connectivity index (χ1) is 12.9. The fourth-order valence-electron chi connectivity index (χ4n) is 3.63. The van der Waals surface area contributed by atoms with Crippen molar-refractivity contribution in [3.63, 3.8) is 0 Å². The molecule has 0 spiro atoms. The number of aryl methyl sites for hydroxylation is 1. The molecular formula is C26H23. The number of benzene rings is 4. The van der Waals surface area contributed by atoms with Crippen molar-refractivity contribution < 1.29 is 0 Å². The van der Waals surface area contributed by atoms with E-state index in [4.69, 9.17) is 0 Å². The molecule has 0 aromatic heterocycles. The van der Waals surface area contributed by atoms with E-state index in [1.165, 1.54) is 33.4 Å². The zero-order valence-electron chi connectivity index (χ0n) is 14.9. The van der Waals surface area contributed by atoms with Crippen molar-refractivity contribution in [2.45, 2.75) is 19.3 Å². The van der Waals surface area contributed by atoms with Gasteiger partial charge in [-0.2, -0.15) is 0 Å². The molecule has 0 aliphatic carbocycles. The van der Waals surface area contributed by atoms with Crippen molar-refractivity contribution >= 4 is 10.8 Å². The molecule has 127 valence electrons. The van der Waals surface area contributed by atoms with Gasteiger partial charge < -0.3 is 0 Å². The molecule has 0 saturated heterocycles. The van der Waals surface area contributed by atoms with Crippen LogP contribution < -0.4 is 0 Å². The molecule has 4 aromatic rings. The first-order valence-electron chi connectivity index (χ1n) is 9.31. The number of rotatable bonds is 6. The highest BCUT2D eigenvalue weighted by atomic mass is 14.2. The molecule has 0 aliphatic rings. The maximum atomic E-state index is 2.27. The van der Waals surface area contributed by atoms with E-state index in [-0.39, 0.29) is 0 Å². The van der Waals surface area contributed by atoms with Gasteiger partial charge in [0.15, 0.2) is 0 Å². The highest BCUT2D eigenvalue weighted by Crippen LogP contribution is 2.28. The van der Waals surface area contributed by atoms with E-state index in [9.17, 15) is 0 Å². The van der Waals surface area contributed by atoms with Crippen molar-refractivity contribution in [3.8, 4) is 0 Å². The first kappa shape index (κ1) is 16.6. The van der Waals surface area contributed by atoms with E-state index >= 15 is 0 Å². The summed E-state index contributed by atoms with van der Waals surface area (Å²) in [5.74, 6) is 1.51. The minimum absolute atomic E-state index is 0.998. The molecule has 0 fully saturated rings. The van der Waals surface area contributed by atoms with Gasteiger partial charge in [0.25, 0.3) is 0 Å². The summed E-state index contributed by atoms with van der Waals surface area (Å²) in [4.78, 5) is 0. The molecule has 0 N–H and O–H groups in total. The molecule has 0 heterocycles. The maximum absolute atomic E-state index is 2.27. The monoisotopic (exact) mass is 335 g/mol. The van der Waals surface area contributed by atoms with Crippen LogP contribution in [0.3, 0.4) is 0 Å². The van der Waals surface area contributed by atoms with Crippen LogP contribution in [0.2, 0.25) is 0 Å². The van der Waals surface area contributed by atoms with E-state index in [0.717, 1.165) is 19.3 Å². The predicted molar refractivity (Wildman–Crippen MR) is 111 cm³/mol. The molecule has 0 heteroatoms. The Labute approximate surface area is 156 Å². The number of hydrogen-bond donors (Lipinski definition) is 0. The van der Waals surface area contributed by atoms with Gasteiger partial charge in [-0.05, 0) is 46.7 Å². The fourth-order valence-corrected chi connectivity index (χ4v) is 3.63. The Balaban J connectivity index is 1.62. The van der Waals surface area contributed by atoms with E-state index in [1.54, 1.807) is 0 Å². The maximum Gasteiger partial charge on any atom is 0.00968 e. The van der Waals surface area contributed by atoms with E-state index in [1.807, 2.05) is 0 Å². The Morgan fingerprint density at radius 1 is 0.577 bits per heavy atom. The third-order valence-electron chi connectivity index (χ3n) is 5.02. The van der Waals surface area contributed by atoms with Gasteiger partial charge in [0, 0.05) is 5.92 Å². The van der Waals surface area contributed by atoms with Crippen LogP contribution in [0, 0.1) is 5.92 Å². The number of fused-ring (bicyclic) bond motifs is 1. The van der Waals surface area contributed by atoms with Gasteiger partial charge in [0.2, 0.25) is 0 Å². The van der Waals surface area contributed by atoms with Crippen molar-refractivity contribution in [2.75, 3.05) is 0 Å². The lowest BCUT2D eigenvalue weighted by Crippen LogP contribution is -2.06. The predicted octanol–water partition coefficient (Wildman–Crippen LogP) is 6.64. The Hall–Kier alpha value is -2.86. The summed E-state index contributed by atoms with van der Waals surface area (Å²) in [6, 6.07) is 37.0. The summed E-state index contributed by atoms with van der Waals surface area (Å²) in [5, 5.41) is 2.68. The smallest absolute Gasteiger partial charge is 0.00968 e. The summed E-state index contributed by atoms with van der Waals surface area (Å²) in [7, 11) is 0. The van der Waals surface area contributed by atoms with E-state index in [2.05, 4.69) is 103 Å². The second-order valence-electron chi connectivity index (χ2n) is 6.77. The Morgan fingerprint density at radius 3 is 2.04 bits per heavy atom. The molecule has 0 atom stereocenters. The van der Waals surface area contributed by atoms with Crippen LogP contribution >= 0.6 is 0 Å². The minimum atomic E-state index is 0.998. The first-order valence-corrected chi connectivity index (χ1v) is 9.31. The normalized spacial score (nSPS) is 11.1. The summed E-state index contributed by atoms with van der Waals surface area (Å²) >= 11 is 0. The molecule has 0 amide bonds. The second-order valence-corrected chi connectivity index (χ2v) is 6.77. The summed E-state index contributed by atoms with van der Waals surface area (Å²) < 4.78 is 0. The van der Waals surface area contributed by atoms with Crippen LogP contribution in [0.15, 0.2) is 103 Å². The van der Waals surface area contributed by atoms with Crippen LogP contribution in [0.5, 0.6) is 0 Å². The van der Waals surface area contributed by atoms with Gasteiger partial charge in [0.1, 0.15) is 0 Å². The Bertz CT molecular complexity index is 949. The summed E-state index contributed by atoms with van der Waals surface area (Å²) in [6.45, 7) is 0. The molecule has 26 heavy (non-hydrogen) atoms. The van der Waals surface area contributed by atoms with Crippen LogP contribution in [0.4, 0.5) is 0 Å². The summed E-state index contributed by atoms with van der Waals surface area (Å²) in [5.41, 5.74) is 4.17. The third kappa shape index (κ3) is 3.86. The highest BCUT2D eigenvalue weighted by Gasteiger charge is 2.14. The SMILES string of the molecule is c1ccc(CC[C](Cc2cccc3ccccc23)c2ccccc2)cc1. The van der Waals surface area contributed by atoms with Gasteiger partial charge in [-0.1, -0.05) is 103 Å². The standard InChI is InChI=1S/C26H23/c1-3-10-21(11-4-1)18-19-24(22-12-5-2-6-13-22)20-25-16-9-15-23-14-7-8-17-26(23)25/h1-17H,18-20H2. The van der Waals surface area contributed by atoms with Crippen molar-refractivity contribution in [1.29, 1.82) is 0 Å². The molecule has 0 saturated carbocycles. The van der Waals surface area contributed by atoms with Gasteiger partial charge in [-0.25, -0.2) is 0 Å². The van der Waals surface area contributed by atoms with Gasteiger partial charge in [-0.15, -0.1) is 0 Å². The van der Waals surface area contributed by atoms with E-state index < -0.39 is 0 Å². The lowest BCUT2D eigenvalue weighted by atomic mass is 9.86. The van der Waals surface area contributed by atoms with Crippen LogP contribution in [0.1, 0.15) is 23.1 Å². The second kappa shape index (κ2) is 8.01. The van der Waals surface area contributed by atoms with Gasteiger partial charge >= 0.3 is 0 Å². The molecule has 4 aromatic carbocycles. The average Bonchev–Trinajstić information content (AvgIpc) is 2.72. The zero-order chi connectivity index (χ0) is 17.6. The molecule has 4 rings (SSSR count). The van der Waals surface area contributed by atoms with Crippen LogP contribution in [-0.2, 0) is 12.8 Å². The highest BCUT2D eigenvalue weighted by molar-refractivity contribution is 5.85. The van der Waals surface area contributed by atoms with Crippen LogP contribution in [0.25, 0.3) is 10.8 Å². The molecular weight excluding hydrogens is 312 g/mol. The topological polar surface area (TPSA) is 0 Å². The van der Waals surface area contributed by atoms with Gasteiger partial charge in [-0.3, -0.25) is 0 Å². The fraction of sp³-hybridized carbons (Fsp3) is 0.115. The third-order valence-corrected chi connectivity index (χ3v) is 5.02. The molecule has 0 bridgehead atoms. The molecule has 0 aliphatic heterocycles. The van der Waals surface area contributed by atoms with Crippen LogP contribution in [-0.4, -0.2) is 0 Å². The van der Waals surface area contributed by atoms with Crippen molar-refractivity contribution in [2.24, 2.45) is 0 Å². The Kier molecular flexibility index (Phi) is 5.12. The molecule has 0 nitrogen and oxygen atoms in total. The molecule has 1 radical (unpaired) electrons. The zero-order valence-corrected chi connectivity index (χ0v) is 14.9. The average molecular weight is 335 g/mol. The lowest BCUT2D eigenvalue weighted by Gasteiger charge is -2.18. The van der Waals surface area contributed by atoms with Crippen molar-refractivity contribution in [3.05, 3.63) is 126 Å². The molecule has 0 unspecified atom stereocenters. The summed E-state index contributed by atoms with van der Waals surface area (Å²) in [6.07, 6.45) is 3.16. The minimum Gasteiger partial charge on any atom is -0.0622 e. The van der Waals surface area contributed by atoms with Crippen molar-refractivity contribution in [1.82, 2.24) is 0 Å². The Morgan fingerprint density at radius 2 is 1.23 bits per heavy atom.